The normalized spacial score (nSPS) is 14.8. The SMILES string of the molecule is CCCC([O])S(=O)(=O)CCC. The Hall–Kier alpha value is -0.0900. The molecule has 11 heavy (non-hydrogen) atoms. The maximum absolute atomic E-state index is 11.0. The van der Waals surface area contributed by atoms with Gasteiger partial charge in [-0.05, 0) is 12.8 Å². The number of sulfone groups is 1. The molecule has 0 aromatic carbocycles. The molecule has 0 aromatic heterocycles. The van der Waals surface area contributed by atoms with Crippen LogP contribution in [0.1, 0.15) is 33.1 Å². The molecule has 67 valence electrons. The van der Waals surface area contributed by atoms with Gasteiger partial charge in [-0.1, -0.05) is 20.3 Å². The lowest BCUT2D eigenvalue weighted by Crippen LogP contribution is -2.21. The minimum absolute atomic E-state index is 0.0289. The van der Waals surface area contributed by atoms with Crippen LogP contribution in [0.25, 0.3) is 0 Å². The van der Waals surface area contributed by atoms with E-state index in [0.29, 0.717) is 12.8 Å². The maximum Gasteiger partial charge on any atom is 0.193 e. The second-order valence-corrected chi connectivity index (χ2v) is 4.84. The summed E-state index contributed by atoms with van der Waals surface area (Å²) in [6.07, 6.45) is 1.41. The molecule has 0 aliphatic rings. The smallest absolute Gasteiger partial charge is 0.193 e. The molecule has 1 atom stereocenters. The van der Waals surface area contributed by atoms with Crippen molar-refractivity contribution >= 4 is 9.84 Å². The molecule has 4 heteroatoms. The monoisotopic (exact) mass is 179 g/mol. The topological polar surface area (TPSA) is 54.0 Å². The van der Waals surface area contributed by atoms with Gasteiger partial charge in [0.25, 0.3) is 0 Å². The van der Waals surface area contributed by atoms with E-state index in [4.69, 9.17) is 0 Å². The van der Waals surface area contributed by atoms with Gasteiger partial charge in [-0.2, -0.15) is 0 Å². The van der Waals surface area contributed by atoms with E-state index in [1.807, 2.05) is 6.92 Å². The average molecular weight is 179 g/mol. The molecule has 1 radical (unpaired) electrons. The zero-order chi connectivity index (χ0) is 8.91. The number of rotatable bonds is 5. The van der Waals surface area contributed by atoms with E-state index in [1.165, 1.54) is 0 Å². The van der Waals surface area contributed by atoms with Crippen molar-refractivity contribution in [1.82, 2.24) is 0 Å². The van der Waals surface area contributed by atoms with Crippen LogP contribution < -0.4 is 0 Å². The highest BCUT2D eigenvalue weighted by Gasteiger charge is 2.21. The minimum atomic E-state index is -3.33. The van der Waals surface area contributed by atoms with E-state index in [-0.39, 0.29) is 12.2 Å². The molecule has 0 saturated carbocycles. The van der Waals surface area contributed by atoms with Crippen molar-refractivity contribution in [3.05, 3.63) is 0 Å². The van der Waals surface area contributed by atoms with Crippen LogP contribution in [0.2, 0.25) is 0 Å². The highest BCUT2D eigenvalue weighted by atomic mass is 32.2. The van der Waals surface area contributed by atoms with Crippen molar-refractivity contribution < 1.29 is 13.5 Å². The summed E-state index contributed by atoms with van der Waals surface area (Å²) in [5, 5.41) is 11.0. The molecule has 0 spiro atoms. The lowest BCUT2D eigenvalue weighted by Gasteiger charge is -2.06. The summed E-state index contributed by atoms with van der Waals surface area (Å²) in [5.74, 6) is 0.0289. The van der Waals surface area contributed by atoms with Gasteiger partial charge in [-0.15, -0.1) is 0 Å². The summed E-state index contributed by atoms with van der Waals surface area (Å²) in [6, 6.07) is 0. The van der Waals surface area contributed by atoms with Crippen LogP contribution in [0.3, 0.4) is 0 Å². The van der Waals surface area contributed by atoms with Gasteiger partial charge in [0.05, 0.1) is 5.75 Å². The van der Waals surface area contributed by atoms with Gasteiger partial charge in [-0.25, -0.2) is 13.5 Å². The van der Waals surface area contributed by atoms with Crippen molar-refractivity contribution in [2.45, 2.75) is 38.5 Å². The Labute approximate surface area is 68.3 Å². The Morgan fingerprint density at radius 2 is 1.73 bits per heavy atom. The van der Waals surface area contributed by atoms with Gasteiger partial charge >= 0.3 is 0 Å². The Kier molecular flexibility index (Phi) is 4.68. The van der Waals surface area contributed by atoms with Crippen LogP contribution in [0, 0.1) is 0 Å². The zero-order valence-corrected chi connectivity index (χ0v) is 7.86. The average Bonchev–Trinajstić information content (AvgIpc) is 1.88. The fourth-order valence-corrected chi connectivity index (χ4v) is 2.26. The highest BCUT2D eigenvalue weighted by molar-refractivity contribution is 7.91. The summed E-state index contributed by atoms with van der Waals surface area (Å²) in [6.45, 7) is 3.57. The molecule has 0 aliphatic carbocycles. The third-order valence-corrected chi connectivity index (χ3v) is 3.43. The first-order valence-corrected chi connectivity index (χ1v) is 5.63. The van der Waals surface area contributed by atoms with Crippen molar-refractivity contribution in [1.29, 1.82) is 0 Å². The first-order chi connectivity index (χ1) is 5.04. The largest absolute Gasteiger partial charge is 0.226 e. The molecule has 0 heterocycles. The van der Waals surface area contributed by atoms with E-state index in [1.54, 1.807) is 6.92 Å². The molecule has 0 aromatic rings. The van der Waals surface area contributed by atoms with Gasteiger partial charge in [0.15, 0.2) is 15.3 Å². The predicted octanol–water partition coefficient (Wildman–Crippen LogP) is 1.37. The highest BCUT2D eigenvalue weighted by Crippen LogP contribution is 2.07. The molecule has 0 bridgehead atoms. The van der Waals surface area contributed by atoms with Crippen LogP contribution in [0.4, 0.5) is 0 Å². The summed E-state index contributed by atoms with van der Waals surface area (Å²) in [5.41, 5.74) is -1.40. The first-order valence-electron chi connectivity index (χ1n) is 3.92. The van der Waals surface area contributed by atoms with Crippen molar-refractivity contribution in [2.75, 3.05) is 5.75 Å². The summed E-state index contributed by atoms with van der Waals surface area (Å²) < 4.78 is 22.0. The van der Waals surface area contributed by atoms with E-state index < -0.39 is 15.3 Å². The standard InChI is InChI=1S/C7H15O3S/c1-3-5-7(8)11(9,10)6-4-2/h7H,3-6H2,1-2H3. The van der Waals surface area contributed by atoms with Gasteiger partial charge in [-0.3, -0.25) is 0 Å². The maximum atomic E-state index is 11.0. The van der Waals surface area contributed by atoms with Crippen molar-refractivity contribution in [3.8, 4) is 0 Å². The second-order valence-electron chi connectivity index (χ2n) is 2.59. The van der Waals surface area contributed by atoms with Gasteiger partial charge in [0.1, 0.15) is 0 Å². The lowest BCUT2D eigenvalue weighted by atomic mass is 10.4. The number of hydrogen-bond acceptors (Lipinski definition) is 2. The van der Waals surface area contributed by atoms with Crippen molar-refractivity contribution in [3.63, 3.8) is 0 Å². The van der Waals surface area contributed by atoms with Crippen LogP contribution in [-0.2, 0) is 14.9 Å². The molecule has 0 saturated heterocycles. The second kappa shape index (κ2) is 4.72. The molecule has 0 amide bonds. The summed E-state index contributed by atoms with van der Waals surface area (Å²) >= 11 is 0. The Morgan fingerprint density at radius 3 is 2.09 bits per heavy atom. The molecular weight excluding hydrogens is 164 g/mol. The Morgan fingerprint density at radius 1 is 1.18 bits per heavy atom. The molecule has 0 N–H and O–H groups in total. The molecule has 0 aliphatic heterocycles. The Balaban J connectivity index is 4.07. The van der Waals surface area contributed by atoms with Crippen molar-refractivity contribution in [2.24, 2.45) is 0 Å². The van der Waals surface area contributed by atoms with E-state index in [9.17, 15) is 13.5 Å². The fourth-order valence-electron chi connectivity index (χ4n) is 0.831. The minimum Gasteiger partial charge on any atom is -0.226 e. The fraction of sp³-hybridized carbons (Fsp3) is 1.00. The van der Waals surface area contributed by atoms with Crippen LogP contribution in [0.15, 0.2) is 0 Å². The quantitative estimate of drug-likeness (QED) is 0.640. The lowest BCUT2D eigenvalue weighted by molar-refractivity contribution is 0.146. The molecule has 3 nitrogen and oxygen atoms in total. The summed E-state index contributed by atoms with van der Waals surface area (Å²) in [4.78, 5) is 0. The van der Waals surface area contributed by atoms with Gasteiger partial charge < -0.3 is 0 Å². The molecule has 1 unspecified atom stereocenters. The van der Waals surface area contributed by atoms with Gasteiger partial charge in [0, 0.05) is 0 Å². The molecule has 0 rings (SSSR count). The third-order valence-electron chi connectivity index (χ3n) is 1.41. The Bertz CT molecular complexity index is 184. The molecule has 0 fully saturated rings. The van der Waals surface area contributed by atoms with Crippen LogP contribution in [0.5, 0.6) is 0 Å². The van der Waals surface area contributed by atoms with Crippen LogP contribution >= 0.6 is 0 Å². The zero-order valence-electron chi connectivity index (χ0n) is 7.04. The molecular formula is C7H15O3S. The summed E-state index contributed by atoms with van der Waals surface area (Å²) in [7, 11) is -3.33. The van der Waals surface area contributed by atoms with Crippen LogP contribution in [-0.4, -0.2) is 19.6 Å². The van der Waals surface area contributed by atoms with E-state index >= 15 is 0 Å². The van der Waals surface area contributed by atoms with E-state index in [0.717, 1.165) is 0 Å². The van der Waals surface area contributed by atoms with E-state index in [2.05, 4.69) is 0 Å². The third kappa shape index (κ3) is 3.72. The predicted molar refractivity (Wildman–Crippen MR) is 43.5 cm³/mol. The van der Waals surface area contributed by atoms with Gasteiger partial charge in [0.2, 0.25) is 0 Å². The number of hydrogen-bond donors (Lipinski definition) is 0. The first kappa shape index (κ1) is 10.9.